The Hall–Kier alpha value is -2.16. The third-order valence-corrected chi connectivity index (χ3v) is 2.30. The van der Waals surface area contributed by atoms with Crippen LogP contribution < -0.4 is 21.3 Å². The molecule has 0 unspecified atom stereocenters. The molecule has 0 aliphatic heterocycles. The first-order chi connectivity index (χ1) is 9.36. The molecule has 0 aromatic carbocycles. The van der Waals surface area contributed by atoms with Gasteiger partial charge in [0.15, 0.2) is 5.11 Å². The predicted molar refractivity (Wildman–Crippen MR) is 77.1 cm³/mol. The van der Waals surface area contributed by atoms with Crippen LogP contribution in [-0.2, 0) is 14.4 Å². The van der Waals surface area contributed by atoms with E-state index in [1.807, 2.05) is 0 Å². The zero-order valence-electron chi connectivity index (χ0n) is 11.1. The quantitative estimate of drug-likeness (QED) is 0.269. The van der Waals surface area contributed by atoms with Crippen LogP contribution in [0.1, 0.15) is 6.92 Å². The van der Waals surface area contributed by atoms with E-state index in [1.54, 1.807) is 6.08 Å². The second-order valence-electron chi connectivity index (χ2n) is 3.76. The fourth-order valence-electron chi connectivity index (χ4n) is 0.984. The predicted octanol–water partition coefficient (Wildman–Crippen LogP) is -1.66. The number of thiocarbonyl (C=S) groups is 1. The van der Waals surface area contributed by atoms with Crippen molar-refractivity contribution < 1.29 is 19.5 Å². The average Bonchev–Trinajstić information content (AvgIpc) is 2.40. The lowest BCUT2D eigenvalue weighted by atomic mass is 10.3. The topological polar surface area (TPSA) is 120 Å². The third-order valence-electron chi connectivity index (χ3n) is 2.01. The molecule has 0 saturated heterocycles. The van der Waals surface area contributed by atoms with Gasteiger partial charge in [-0.3, -0.25) is 14.4 Å². The molecule has 5 N–H and O–H groups in total. The normalized spacial score (nSPS) is 10.8. The van der Waals surface area contributed by atoms with Gasteiger partial charge in [0, 0.05) is 6.54 Å². The van der Waals surface area contributed by atoms with Crippen molar-refractivity contribution in [3.8, 4) is 0 Å². The number of amides is 2. The van der Waals surface area contributed by atoms with Crippen molar-refractivity contribution in [2.45, 2.75) is 13.0 Å². The van der Waals surface area contributed by atoms with E-state index < -0.39 is 23.8 Å². The summed E-state index contributed by atoms with van der Waals surface area (Å²) in [5.74, 6) is -2.17. The number of carbonyl (C=O) groups excluding carboxylic acids is 2. The molecule has 0 fully saturated rings. The number of hydrogen-bond acceptors (Lipinski definition) is 4. The van der Waals surface area contributed by atoms with Gasteiger partial charge < -0.3 is 26.4 Å². The van der Waals surface area contributed by atoms with Crippen molar-refractivity contribution in [1.82, 2.24) is 21.3 Å². The van der Waals surface area contributed by atoms with Crippen molar-refractivity contribution in [2.75, 3.05) is 19.6 Å². The summed E-state index contributed by atoms with van der Waals surface area (Å²) in [7, 11) is 0. The Bertz CT molecular complexity index is 400. The van der Waals surface area contributed by atoms with E-state index in [0.29, 0.717) is 11.7 Å². The van der Waals surface area contributed by atoms with E-state index in [-0.39, 0.29) is 13.1 Å². The lowest BCUT2D eigenvalue weighted by Crippen LogP contribution is -2.46. The molecule has 112 valence electrons. The average molecular weight is 302 g/mol. The summed E-state index contributed by atoms with van der Waals surface area (Å²) in [6.45, 7) is 4.91. The Labute approximate surface area is 122 Å². The minimum atomic E-state index is -1.15. The molecule has 9 heteroatoms. The van der Waals surface area contributed by atoms with Gasteiger partial charge in [0.1, 0.15) is 6.04 Å². The zero-order chi connectivity index (χ0) is 15.5. The number of hydrogen-bond donors (Lipinski definition) is 5. The molecular formula is C11H18N4O4S. The molecule has 8 nitrogen and oxygen atoms in total. The number of rotatable bonds is 8. The Morgan fingerprint density at radius 2 is 1.80 bits per heavy atom. The second kappa shape index (κ2) is 9.73. The molecule has 0 bridgehead atoms. The maximum atomic E-state index is 11.4. The molecule has 20 heavy (non-hydrogen) atoms. The fourth-order valence-corrected chi connectivity index (χ4v) is 1.14. The summed E-state index contributed by atoms with van der Waals surface area (Å²) in [6, 6.07) is -1.01. The SMILES string of the molecule is C=CCNC(=S)NCC(=O)NCC(=O)N[C@@H](C)C(=O)O. The van der Waals surface area contributed by atoms with Crippen molar-refractivity contribution in [2.24, 2.45) is 0 Å². The van der Waals surface area contributed by atoms with Crippen LogP contribution in [0.5, 0.6) is 0 Å². The zero-order valence-corrected chi connectivity index (χ0v) is 11.9. The maximum Gasteiger partial charge on any atom is 0.325 e. The molecule has 0 aromatic heterocycles. The number of nitrogens with one attached hydrogen (secondary N) is 4. The second-order valence-corrected chi connectivity index (χ2v) is 4.16. The molecule has 1 atom stereocenters. The summed E-state index contributed by atoms with van der Waals surface area (Å²) in [4.78, 5) is 33.1. The van der Waals surface area contributed by atoms with Crippen LogP contribution in [0.4, 0.5) is 0 Å². The number of carbonyl (C=O) groups is 3. The molecule has 0 heterocycles. The van der Waals surface area contributed by atoms with Crippen LogP contribution in [0.3, 0.4) is 0 Å². The Morgan fingerprint density at radius 3 is 2.35 bits per heavy atom. The fraction of sp³-hybridized carbons (Fsp3) is 0.455. The summed E-state index contributed by atoms with van der Waals surface area (Å²) < 4.78 is 0. The van der Waals surface area contributed by atoms with Gasteiger partial charge in [0.25, 0.3) is 0 Å². The van der Waals surface area contributed by atoms with E-state index in [0.717, 1.165) is 0 Å². The van der Waals surface area contributed by atoms with Gasteiger partial charge >= 0.3 is 5.97 Å². The van der Waals surface area contributed by atoms with Crippen LogP contribution in [-0.4, -0.2) is 53.7 Å². The molecule has 2 amide bonds. The van der Waals surface area contributed by atoms with Gasteiger partial charge in [-0.2, -0.15) is 0 Å². The number of carboxylic acid groups (broad SMARTS) is 1. The molecule has 0 spiro atoms. The monoisotopic (exact) mass is 302 g/mol. The van der Waals surface area contributed by atoms with Crippen LogP contribution in [0, 0.1) is 0 Å². The molecule has 0 aromatic rings. The summed E-state index contributed by atoms with van der Waals surface area (Å²) >= 11 is 4.86. The van der Waals surface area contributed by atoms with Crippen molar-refractivity contribution in [3.05, 3.63) is 12.7 Å². The van der Waals surface area contributed by atoms with Gasteiger partial charge in [-0.25, -0.2) is 0 Å². The molecule has 0 aliphatic rings. The highest BCUT2D eigenvalue weighted by Crippen LogP contribution is 1.80. The summed E-state index contributed by atoms with van der Waals surface area (Å²) in [5.41, 5.74) is 0. The molecule has 0 radical (unpaired) electrons. The largest absolute Gasteiger partial charge is 0.480 e. The standard InChI is InChI=1S/C11H18N4O4S/c1-3-4-12-11(20)14-5-8(16)13-6-9(17)15-7(2)10(18)19/h3,7H,1,4-6H2,2H3,(H,13,16)(H,15,17)(H,18,19)(H2,12,14,20)/t7-/m0/s1. The Morgan fingerprint density at radius 1 is 1.20 bits per heavy atom. The van der Waals surface area contributed by atoms with Crippen molar-refractivity contribution >= 4 is 35.1 Å². The highest BCUT2D eigenvalue weighted by Gasteiger charge is 2.14. The van der Waals surface area contributed by atoms with Gasteiger partial charge in [-0.15, -0.1) is 6.58 Å². The smallest absolute Gasteiger partial charge is 0.325 e. The van der Waals surface area contributed by atoms with Gasteiger partial charge in [0.2, 0.25) is 11.8 Å². The van der Waals surface area contributed by atoms with Crippen molar-refractivity contribution in [1.29, 1.82) is 0 Å². The minimum absolute atomic E-state index is 0.0925. The van der Waals surface area contributed by atoms with E-state index in [4.69, 9.17) is 17.3 Å². The molecular weight excluding hydrogens is 284 g/mol. The lowest BCUT2D eigenvalue weighted by molar-refractivity contribution is -0.141. The summed E-state index contributed by atoms with van der Waals surface area (Å²) in [6.07, 6.45) is 1.61. The molecule has 0 saturated carbocycles. The van der Waals surface area contributed by atoms with Crippen LogP contribution >= 0.6 is 12.2 Å². The number of carboxylic acids is 1. The van der Waals surface area contributed by atoms with E-state index in [1.165, 1.54) is 6.92 Å². The van der Waals surface area contributed by atoms with Crippen LogP contribution in [0.15, 0.2) is 12.7 Å². The minimum Gasteiger partial charge on any atom is -0.480 e. The first-order valence-electron chi connectivity index (χ1n) is 5.78. The van der Waals surface area contributed by atoms with Crippen LogP contribution in [0.25, 0.3) is 0 Å². The van der Waals surface area contributed by atoms with Crippen molar-refractivity contribution in [3.63, 3.8) is 0 Å². The van der Waals surface area contributed by atoms with Gasteiger partial charge in [-0.1, -0.05) is 6.08 Å². The Kier molecular flexibility index (Phi) is 8.68. The van der Waals surface area contributed by atoms with Gasteiger partial charge in [-0.05, 0) is 19.1 Å². The lowest BCUT2D eigenvalue weighted by Gasteiger charge is -2.11. The van der Waals surface area contributed by atoms with E-state index >= 15 is 0 Å². The number of aliphatic carboxylic acids is 1. The van der Waals surface area contributed by atoms with E-state index in [2.05, 4.69) is 27.8 Å². The van der Waals surface area contributed by atoms with Gasteiger partial charge in [0.05, 0.1) is 13.1 Å². The first-order valence-corrected chi connectivity index (χ1v) is 6.19. The maximum absolute atomic E-state index is 11.4. The first kappa shape index (κ1) is 17.8. The van der Waals surface area contributed by atoms with Crippen LogP contribution in [0.2, 0.25) is 0 Å². The molecule has 0 rings (SSSR count). The molecule has 0 aliphatic carbocycles. The van der Waals surface area contributed by atoms with E-state index in [9.17, 15) is 14.4 Å². The third kappa shape index (κ3) is 8.86. The Balaban J connectivity index is 3.82. The highest BCUT2D eigenvalue weighted by atomic mass is 32.1. The highest BCUT2D eigenvalue weighted by molar-refractivity contribution is 7.80. The summed E-state index contributed by atoms with van der Waals surface area (Å²) in [5, 5.41) is 18.8.